The van der Waals surface area contributed by atoms with Crippen LogP contribution < -0.4 is 35.2 Å². The number of pyridine rings is 1. The minimum absolute atomic E-state index is 0.0913. The van der Waals surface area contributed by atoms with E-state index >= 15 is 0 Å². The average Bonchev–Trinajstić information content (AvgIpc) is 3.97. The molecule has 0 atom stereocenters. The molecule has 0 bridgehead atoms. The Morgan fingerprint density at radius 2 is 1.26 bits per heavy atom. The first-order valence-corrected chi connectivity index (χ1v) is 23.6. The zero-order valence-corrected chi connectivity index (χ0v) is 39.1. The van der Waals surface area contributed by atoms with Crippen LogP contribution in [-0.2, 0) is 5.41 Å². The van der Waals surface area contributed by atoms with Crippen LogP contribution in [0.3, 0.4) is 0 Å². The van der Waals surface area contributed by atoms with Gasteiger partial charge in [-0.25, -0.2) is 4.98 Å². The molecule has 5 heterocycles. The fraction of sp³-hybridized carbons (Fsp3) is 0.0625. The molecule has 0 spiro atoms. The standard InChI is InChI=1S/C64H45BN4O3/c1-64(2,3)43-34-35-66-59(36-43)69-53-29-13-10-24-49(53)50-33-32-46(38-54(50)69)70-45-23-16-22-44(37-45)67-40-68(61-47(41-18-6-4-7-19-41)25-17-26-48(61)42-20-8-5-9-21-42)55-39-58-60-63(62(55)67)72-57-31-15-12-28-52(57)65(60)51-27-11-14-30-56(51)71-58/h4-39H,1-3H3/i4D,5D,6D,7D,8D,9D,18D,19D,20D,21D. The Balaban J connectivity index is 1.04. The van der Waals surface area contributed by atoms with Crippen molar-refractivity contribution in [2.24, 2.45) is 0 Å². The number of hydrogen-bond acceptors (Lipinski definition) is 4. The SMILES string of the molecule is [2H]c1c([2H])c([2H])c(-c2cccc(-c3c([2H])c([2H])c([2H])c([2H])c3[2H])c2-[n+]2[c-]n(-c3cccc(Oc4ccc5c6ccccc6n(-c6cc(C(C)(C)C)ccn6)c5c4)c3)c3c4c5c(cc32)Oc2ccccc2B5c2ccccc2O4)c([2H])c1[2H]. The van der Waals surface area contributed by atoms with E-state index in [2.05, 4.69) is 55.9 Å². The maximum atomic E-state index is 9.31. The summed E-state index contributed by atoms with van der Waals surface area (Å²) >= 11 is 0. The van der Waals surface area contributed by atoms with Gasteiger partial charge in [0.05, 0.1) is 41.6 Å². The van der Waals surface area contributed by atoms with E-state index in [1.165, 1.54) is 0 Å². The summed E-state index contributed by atoms with van der Waals surface area (Å²) in [5.41, 5.74) is 6.78. The van der Waals surface area contributed by atoms with Crippen molar-refractivity contribution in [3.8, 4) is 73.9 Å². The fourth-order valence-corrected chi connectivity index (χ4v) is 10.4. The van der Waals surface area contributed by atoms with Crippen LogP contribution in [0.2, 0.25) is 0 Å². The number of para-hydroxylation sites is 4. The highest BCUT2D eigenvalue weighted by Crippen LogP contribution is 2.43. The lowest BCUT2D eigenvalue weighted by Gasteiger charge is -2.33. The molecule has 2 aliphatic heterocycles. The number of hydrogen-bond donors (Lipinski definition) is 0. The maximum absolute atomic E-state index is 9.31. The molecule has 342 valence electrons. The summed E-state index contributed by atoms with van der Waals surface area (Å²) in [4.78, 5) is 4.87. The van der Waals surface area contributed by atoms with Crippen LogP contribution >= 0.6 is 0 Å². The first-order chi connectivity index (χ1) is 39.5. The van der Waals surface area contributed by atoms with E-state index in [0.717, 1.165) is 49.6 Å². The molecule has 0 aliphatic carbocycles. The molecular weight excluding hydrogens is 884 g/mol. The summed E-state index contributed by atoms with van der Waals surface area (Å²) < 4.78 is 116. The largest absolute Gasteiger partial charge is 0.462 e. The molecule has 2 aliphatic rings. The molecule has 3 aromatic heterocycles. The number of ether oxygens (including phenoxy) is 3. The van der Waals surface area contributed by atoms with E-state index in [0.29, 0.717) is 51.2 Å². The van der Waals surface area contributed by atoms with Gasteiger partial charge >= 0.3 is 0 Å². The van der Waals surface area contributed by atoms with Crippen molar-refractivity contribution in [3.05, 3.63) is 230 Å². The Morgan fingerprint density at radius 3 is 2.00 bits per heavy atom. The van der Waals surface area contributed by atoms with Crippen LogP contribution in [0.25, 0.3) is 72.3 Å². The molecule has 0 N–H and O–H groups in total. The lowest BCUT2D eigenvalue weighted by molar-refractivity contribution is -0.571. The van der Waals surface area contributed by atoms with E-state index in [9.17, 15) is 5.48 Å². The van der Waals surface area contributed by atoms with Crippen molar-refractivity contribution in [1.82, 2.24) is 14.1 Å². The molecule has 0 amide bonds. The minimum Gasteiger partial charge on any atom is -0.462 e. The van der Waals surface area contributed by atoms with Crippen LogP contribution in [0, 0.1) is 6.33 Å². The van der Waals surface area contributed by atoms with Crippen LogP contribution in [0.4, 0.5) is 0 Å². The van der Waals surface area contributed by atoms with Gasteiger partial charge in [0.2, 0.25) is 0 Å². The Morgan fingerprint density at radius 1 is 0.611 bits per heavy atom. The van der Waals surface area contributed by atoms with Crippen molar-refractivity contribution in [3.63, 3.8) is 0 Å². The summed E-state index contributed by atoms with van der Waals surface area (Å²) in [6.45, 7) is 6.18. The topological polar surface area (TPSA) is 54.3 Å². The van der Waals surface area contributed by atoms with Crippen LogP contribution in [-0.4, -0.2) is 20.8 Å². The molecule has 14 rings (SSSR count). The number of benzene rings is 9. The van der Waals surface area contributed by atoms with Gasteiger partial charge in [-0.2, -0.15) is 0 Å². The van der Waals surface area contributed by atoms with Gasteiger partial charge in [-0.15, -0.1) is 0 Å². The van der Waals surface area contributed by atoms with E-state index in [4.69, 9.17) is 27.4 Å². The summed E-state index contributed by atoms with van der Waals surface area (Å²) in [5.74, 6) is 3.86. The molecular formula is C64H45BN4O3. The lowest BCUT2D eigenvalue weighted by atomic mass is 9.35. The van der Waals surface area contributed by atoms with Crippen molar-refractivity contribution in [1.29, 1.82) is 0 Å². The third-order valence-electron chi connectivity index (χ3n) is 13.7. The predicted molar refractivity (Wildman–Crippen MR) is 290 cm³/mol. The zero-order valence-electron chi connectivity index (χ0n) is 49.1. The average molecular weight is 939 g/mol. The summed E-state index contributed by atoms with van der Waals surface area (Å²) in [6.07, 6.45) is 5.43. The molecule has 0 unspecified atom stereocenters. The number of nitrogens with zero attached hydrogens (tertiary/aromatic N) is 4. The highest BCUT2D eigenvalue weighted by Gasteiger charge is 2.42. The molecule has 0 saturated heterocycles. The van der Waals surface area contributed by atoms with Crippen LogP contribution in [0.5, 0.6) is 34.5 Å². The van der Waals surface area contributed by atoms with Gasteiger partial charge in [-0.1, -0.05) is 160 Å². The van der Waals surface area contributed by atoms with Crippen molar-refractivity contribution in [2.75, 3.05) is 0 Å². The normalized spacial score (nSPS) is 14.5. The summed E-state index contributed by atoms with van der Waals surface area (Å²) in [7, 11) is 0. The first-order valence-electron chi connectivity index (χ1n) is 28.6. The highest BCUT2D eigenvalue weighted by atomic mass is 16.5. The van der Waals surface area contributed by atoms with Crippen LogP contribution in [0.15, 0.2) is 218 Å². The smallest absolute Gasteiger partial charge is 0.270 e. The molecule has 7 nitrogen and oxygen atoms in total. The van der Waals surface area contributed by atoms with Crippen molar-refractivity contribution >= 4 is 55.9 Å². The first kappa shape index (κ1) is 32.6. The number of imidazole rings is 1. The van der Waals surface area contributed by atoms with E-state index in [1.54, 1.807) is 27.3 Å². The van der Waals surface area contributed by atoms with E-state index < -0.39 is 60.4 Å². The monoisotopic (exact) mass is 938 g/mol. The van der Waals surface area contributed by atoms with Crippen molar-refractivity contribution < 1.29 is 32.5 Å². The molecule has 0 radical (unpaired) electrons. The Hall–Kier alpha value is -9.14. The second-order valence-electron chi connectivity index (χ2n) is 19.0. The molecule has 12 aromatic rings. The summed E-state index contributed by atoms with van der Waals surface area (Å²) in [6, 6.07) is 42.5. The van der Waals surface area contributed by atoms with Gasteiger partial charge in [0, 0.05) is 28.5 Å². The minimum atomic E-state index is -0.597. The third-order valence-corrected chi connectivity index (χ3v) is 13.7. The van der Waals surface area contributed by atoms with Gasteiger partial charge < -0.3 is 14.2 Å². The van der Waals surface area contributed by atoms with Gasteiger partial charge in [-0.3, -0.25) is 13.7 Å². The van der Waals surface area contributed by atoms with Crippen molar-refractivity contribution in [2.45, 2.75) is 26.2 Å². The second-order valence-corrected chi connectivity index (χ2v) is 19.0. The van der Waals surface area contributed by atoms with Gasteiger partial charge in [0.1, 0.15) is 45.8 Å². The highest BCUT2D eigenvalue weighted by molar-refractivity contribution is 6.98. The molecule has 0 saturated carbocycles. The van der Waals surface area contributed by atoms with Gasteiger partial charge in [0.25, 0.3) is 13.0 Å². The number of aromatic nitrogens is 4. The molecule has 0 fully saturated rings. The second kappa shape index (κ2) is 16.2. The number of fused-ring (bicyclic) bond motifs is 9. The summed E-state index contributed by atoms with van der Waals surface area (Å²) in [5, 5.41) is 2.08. The lowest BCUT2D eigenvalue weighted by Crippen LogP contribution is -2.57. The van der Waals surface area contributed by atoms with Crippen LogP contribution in [0.1, 0.15) is 40.0 Å². The quantitative estimate of drug-likeness (QED) is 0.0908. The molecule has 8 heteroatoms. The maximum Gasteiger partial charge on any atom is 0.270 e. The third kappa shape index (κ3) is 6.67. The molecule has 72 heavy (non-hydrogen) atoms. The van der Waals surface area contributed by atoms with E-state index in [1.807, 2.05) is 115 Å². The fourth-order valence-electron chi connectivity index (χ4n) is 10.4. The predicted octanol–water partition coefficient (Wildman–Crippen LogP) is 13.4. The van der Waals surface area contributed by atoms with Gasteiger partial charge in [0.15, 0.2) is 0 Å². The Labute approximate surface area is 431 Å². The Bertz CT molecular complexity index is 4610. The Kier molecular flexibility index (Phi) is 7.35. The van der Waals surface area contributed by atoms with E-state index in [-0.39, 0.29) is 40.1 Å². The van der Waals surface area contributed by atoms with Gasteiger partial charge in [-0.05, 0) is 111 Å². The molecule has 9 aromatic carbocycles. The zero-order chi connectivity index (χ0) is 56.8. The number of rotatable bonds is 7.